The fourth-order valence-corrected chi connectivity index (χ4v) is 1.59. The van der Waals surface area contributed by atoms with E-state index in [1.54, 1.807) is 0 Å². The highest BCUT2D eigenvalue weighted by Gasteiger charge is 2.08. The molecule has 0 unspecified atom stereocenters. The van der Waals surface area contributed by atoms with Crippen molar-refractivity contribution in [1.82, 2.24) is 0 Å². The van der Waals surface area contributed by atoms with Crippen LogP contribution in [-0.2, 0) is 0 Å². The van der Waals surface area contributed by atoms with Crippen LogP contribution in [0, 0.1) is 25.7 Å². The molecule has 0 heterocycles. The van der Waals surface area contributed by atoms with E-state index in [9.17, 15) is 0 Å². The highest BCUT2D eigenvalue weighted by Crippen LogP contribution is 2.28. The Bertz CT molecular complexity index is 343. The second-order valence-corrected chi connectivity index (χ2v) is 5.79. The number of rotatable bonds is 6. The quantitative estimate of drug-likeness (QED) is 0.746. The molecule has 1 rings (SSSR count). The Morgan fingerprint density at radius 2 is 1.11 bits per heavy atom. The van der Waals surface area contributed by atoms with Gasteiger partial charge < -0.3 is 9.47 Å². The van der Waals surface area contributed by atoms with Gasteiger partial charge in [-0.1, -0.05) is 27.7 Å². The van der Waals surface area contributed by atoms with Crippen molar-refractivity contribution in [2.24, 2.45) is 11.8 Å². The SMILES string of the molecule is Cc1cc(OCC(C)C)c(C)cc1OCC(C)C. The summed E-state index contributed by atoms with van der Waals surface area (Å²) >= 11 is 0. The lowest BCUT2D eigenvalue weighted by molar-refractivity contribution is 0.261. The predicted octanol–water partition coefficient (Wildman–Crippen LogP) is 4.37. The third-order valence-electron chi connectivity index (χ3n) is 2.62. The molecule has 0 radical (unpaired) electrons. The molecule has 1 aromatic rings. The third kappa shape index (κ3) is 4.59. The number of hydrogen-bond acceptors (Lipinski definition) is 2. The van der Waals surface area contributed by atoms with Gasteiger partial charge in [0, 0.05) is 0 Å². The highest BCUT2D eigenvalue weighted by atomic mass is 16.5. The summed E-state index contributed by atoms with van der Waals surface area (Å²) in [7, 11) is 0. The summed E-state index contributed by atoms with van der Waals surface area (Å²) in [6.07, 6.45) is 0. The normalized spacial score (nSPS) is 11.1. The Morgan fingerprint density at radius 3 is 1.39 bits per heavy atom. The minimum atomic E-state index is 0.543. The van der Waals surface area contributed by atoms with Crippen LogP contribution in [0.5, 0.6) is 11.5 Å². The summed E-state index contributed by atoms with van der Waals surface area (Å²) in [5.41, 5.74) is 2.28. The zero-order valence-corrected chi connectivity index (χ0v) is 12.5. The van der Waals surface area contributed by atoms with Gasteiger partial charge in [0.1, 0.15) is 11.5 Å². The molecular weight excluding hydrogens is 224 g/mol. The molecule has 0 aliphatic carbocycles. The summed E-state index contributed by atoms with van der Waals surface area (Å²) in [5, 5.41) is 0. The monoisotopic (exact) mass is 250 g/mol. The standard InChI is InChI=1S/C16H26O2/c1-11(2)9-17-15-7-14(6)16(8-13(15)5)18-10-12(3)4/h7-8,11-12H,9-10H2,1-6H3. The average Bonchev–Trinajstić information content (AvgIpc) is 2.27. The van der Waals surface area contributed by atoms with Crippen LogP contribution in [0.2, 0.25) is 0 Å². The van der Waals surface area contributed by atoms with Crippen molar-refractivity contribution in [1.29, 1.82) is 0 Å². The molecule has 0 atom stereocenters. The maximum atomic E-state index is 5.80. The zero-order valence-electron chi connectivity index (χ0n) is 12.5. The van der Waals surface area contributed by atoms with E-state index >= 15 is 0 Å². The van der Waals surface area contributed by atoms with Crippen molar-refractivity contribution in [3.63, 3.8) is 0 Å². The van der Waals surface area contributed by atoms with E-state index in [-0.39, 0.29) is 0 Å². The van der Waals surface area contributed by atoms with Gasteiger partial charge >= 0.3 is 0 Å². The van der Waals surface area contributed by atoms with Crippen LogP contribution in [0.3, 0.4) is 0 Å². The summed E-state index contributed by atoms with van der Waals surface area (Å²) in [5.74, 6) is 3.03. The van der Waals surface area contributed by atoms with Crippen LogP contribution in [-0.4, -0.2) is 13.2 Å². The molecule has 0 aromatic heterocycles. The molecule has 2 heteroatoms. The van der Waals surface area contributed by atoms with E-state index in [2.05, 4.69) is 53.7 Å². The van der Waals surface area contributed by atoms with Crippen molar-refractivity contribution >= 4 is 0 Å². The fourth-order valence-electron chi connectivity index (χ4n) is 1.59. The van der Waals surface area contributed by atoms with Crippen molar-refractivity contribution in [3.05, 3.63) is 23.3 Å². The molecule has 18 heavy (non-hydrogen) atoms. The summed E-state index contributed by atoms with van der Waals surface area (Å²) in [6, 6.07) is 4.15. The van der Waals surface area contributed by atoms with E-state index < -0.39 is 0 Å². The lowest BCUT2D eigenvalue weighted by Gasteiger charge is -2.16. The van der Waals surface area contributed by atoms with Gasteiger partial charge in [-0.05, 0) is 48.9 Å². The molecule has 0 spiro atoms. The molecule has 0 N–H and O–H groups in total. The second kappa shape index (κ2) is 6.67. The largest absolute Gasteiger partial charge is 0.493 e. The molecule has 1 aromatic carbocycles. The topological polar surface area (TPSA) is 18.5 Å². The first-order chi connectivity index (χ1) is 8.40. The summed E-state index contributed by atoms with van der Waals surface area (Å²) < 4.78 is 11.6. The van der Waals surface area contributed by atoms with Gasteiger partial charge in [0.15, 0.2) is 0 Å². The minimum Gasteiger partial charge on any atom is -0.493 e. The summed E-state index contributed by atoms with van der Waals surface area (Å²) in [4.78, 5) is 0. The first kappa shape index (κ1) is 14.9. The Kier molecular flexibility index (Phi) is 5.52. The Labute approximate surface area is 111 Å². The van der Waals surface area contributed by atoms with E-state index in [0.717, 1.165) is 35.8 Å². The molecule has 0 bridgehead atoms. The first-order valence-corrected chi connectivity index (χ1v) is 6.77. The molecule has 0 aliphatic rings. The van der Waals surface area contributed by atoms with E-state index in [1.807, 2.05) is 0 Å². The predicted molar refractivity (Wildman–Crippen MR) is 76.6 cm³/mol. The van der Waals surface area contributed by atoms with Crippen molar-refractivity contribution in [2.75, 3.05) is 13.2 Å². The molecule has 0 aliphatic heterocycles. The van der Waals surface area contributed by atoms with Gasteiger partial charge in [-0.15, -0.1) is 0 Å². The summed E-state index contributed by atoms with van der Waals surface area (Å²) in [6.45, 7) is 14.3. The van der Waals surface area contributed by atoms with Crippen LogP contribution in [0.15, 0.2) is 12.1 Å². The molecule has 2 nitrogen and oxygen atoms in total. The van der Waals surface area contributed by atoms with Crippen molar-refractivity contribution in [2.45, 2.75) is 41.5 Å². The Balaban J connectivity index is 2.76. The maximum Gasteiger partial charge on any atom is 0.122 e. The molecule has 0 saturated carbocycles. The maximum absolute atomic E-state index is 5.80. The van der Waals surface area contributed by atoms with Gasteiger partial charge in [-0.25, -0.2) is 0 Å². The van der Waals surface area contributed by atoms with Crippen LogP contribution in [0.25, 0.3) is 0 Å². The molecule has 0 amide bonds. The van der Waals surface area contributed by atoms with E-state index in [4.69, 9.17) is 9.47 Å². The van der Waals surface area contributed by atoms with Crippen molar-refractivity contribution in [3.8, 4) is 11.5 Å². The third-order valence-corrected chi connectivity index (χ3v) is 2.62. The fraction of sp³-hybridized carbons (Fsp3) is 0.625. The van der Waals surface area contributed by atoms with Gasteiger partial charge in [-0.3, -0.25) is 0 Å². The smallest absolute Gasteiger partial charge is 0.122 e. The van der Waals surface area contributed by atoms with E-state index in [1.165, 1.54) is 0 Å². The van der Waals surface area contributed by atoms with Gasteiger partial charge in [0.2, 0.25) is 0 Å². The second-order valence-electron chi connectivity index (χ2n) is 5.79. The van der Waals surface area contributed by atoms with Gasteiger partial charge in [0.25, 0.3) is 0 Å². The van der Waals surface area contributed by atoms with E-state index in [0.29, 0.717) is 11.8 Å². The highest BCUT2D eigenvalue weighted by molar-refractivity contribution is 5.45. The molecule has 102 valence electrons. The lowest BCUT2D eigenvalue weighted by Crippen LogP contribution is -2.08. The first-order valence-electron chi connectivity index (χ1n) is 6.77. The van der Waals surface area contributed by atoms with Gasteiger partial charge in [-0.2, -0.15) is 0 Å². The Hall–Kier alpha value is -1.18. The van der Waals surface area contributed by atoms with Gasteiger partial charge in [0.05, 0.1) is 13.2 Å². The van der Waals surface area contributed by atoms with Crippen LogP contribution < -0.4 is 9.47 Å². The van der Waals surface area contributed by atoms with Crippen molar-refractivity contribution < 1.29 is 9.47 Å². The lowest BCUT2D eigenvalue weighted by atomic mass is 10.1. The van der Waals surface area contributed by atoms with Crippen LogP contribution in [0.4, 0.5) is 0 Å². The number of hydrogen-bond donors (Lipinski definition) is 0. The number of benzene rings is 1. The Morgan fingerprint density at radius 1 is 0.778 bits per heavy atom. The number of aryl methyl sites for hydroxylation is 2. The minimum absolute atomic E-state index is 0.543. The average molecular weight is 250 g/mol. The molecule has 0 fully saturated rings. The molecular formula is C16H26O2. The molecule has 0 saturated heterocycles. The zero-order chi connectivity index (χ0) is 13.7. The van der Waals surface area contributed by atoms with Crippen LogP contribution in [0.1, 0.15) is 38.8 Å². The number of ether oxygens (including phenoxy) is 2. The van der Waals surface area contributed by atoms with Crippen LogP contribution >= 0.6 is 0 Å².